The summed E-state index contributed by atoms with van der Waals surface area (Å²) in [6, 6.07) is 6.18. The SMILES string of the molecule is CCCCCCCCCCCC(=O)Nc1nc2ccc(C)cc2s1. The van der Waals surface area contributed by atoms with E-state index in [1.165, 1.54) is 50.5 Å². The number of carbonyl (C=O) groups is 1. The molecular formula is C20H30N2OS. The second-order valence-corrected chi connectivity index (χ2v) is 7.65. The first-order chi connectivity index (χ1) is 11.7. The number of unbranched alkanes of at least 4 members (excludes halogenated alkanes) is 8. The third-order valence-electron chi connectivity index (χ3n) is 4.30. The summed E-state index contributed by atoms with van der Waals surface area (Å²) in [5.74, 6) is 0.0914. The van der Waals surface area contributed by atoms with Crippen molar-refractivity contribution in [2.75, 3.05) is 5.32 Å². The van der Waals surface area contributed by atoms with Crippen LogP contribution >= 0.6 is 11.3 Å². The van der Waals surface area contributed by atoms with Crippen LogP contribution in [0.5, 0.6) is 0 Å². The Kier molecular flexibility index (Phi) is 8.23. The number of rotatable bonds is 11. The maximum Gasteiger partial charge on any atom is 0.226 e. The normalized spacial score (nSPS) is 11.1. The van der Waals surface area contributed by atoms with Crippen molar-refractivity contribution in [3.63, 3.8) is 0 Å². The molecule has 0 bridgehead atoms. The summed E-state index contributed by atoms with van der Waals surface area (Å²) in [6.45, 7) is 4.32. The summed E-state index contributed by atoms with van der Waals surface area (Å²) >= 11 is 1.55. The van der Waals surface area contributed by atoms with Crippen molar-refractivity contribution in [1.29, 1.82) is 0 Å². The second-order valence-electron chi connectivity index (χ2n) is 6.62. The fourth-order valence-corrected chi connectivity index (χ4v) is 3.84. The van der Waals surface area contributed by atoms with E-state index in [0.29, 0.717) is 6.42 Å². The molecule has 1 amide bonds. The second kappa shape index (κ2) is 10.4. The number of nitrogens with one attached hydrogen (secondary N) is 1. The molecular weight excluding hydrogens is 316 g/mol. The fourth-order valence-electron chi connectivity index (χ4n) is 2.86. The van der Waals surface area contributed by atoms with Gasteiger partial charge >= 0.3 is 0 Å². The Balaban J connectivity index is 1.59. The van der Waals surface area contributed by atoms with Crippen molar-refractivity contribution in [2.24, 2.45) is 0 Å². The van der Waals surface area contributed by atoms with Crippen LogP contribution in [0.3, 0.4) is 0 Å². The van der Waals surface area contributed by atoms with Crippen LogP contribution in [0.15, 0.2) is 18.2 Å². The number of fused-ring (bicyclic) bond motifs is 1. The number of aromatic nitrogens is 1. The molecule has 24 heavy (non-hydrogen) atoms. The summed E-state index contributed by atoms with van der Waals surface area (Å²) < 4.78 is 1.13. The smallest absolute Gasteiger partial charge is 0.226 e. The molecule has 1 heterocycles. The Hall–Kier alpha value is -1.42. The van der Waals surface area contributed by atoms with Crippen molar-refractivity contribution in [3.8, 4) is 0 Å². The highest BCUT2D eigenvalue weighted by atomic mass is 32.1. The van der Waals surface area contributed by atoms with Gasteiger partial charge in [-0.2, -0.15) is 0 Å². The zero-order valence-corrected chi connectivity index (χ0v) is 15.9. The number of benzene rings is 1. The maximum absolute atomic E-state index is 12.0. The van der Waals surface area contributed by atoms with E-state index in [-0.39, 0.29) is 5.91 Å². The first kappa shape index (κ1) is 18.9. The van der Waals surface area contributed by atoms with Gasteiger partial charge in [0.25, 0.3) is 0 Å². The largest absolute Gasteiger partial charge is 0.302 e. The zero-order valence-electron chi connectivity index (χ0n) is 15.1. The lowest BCUT2D eigenvalue weighted by molar-refractivity contribution is -0.116. The Labute approximate surface area is 149 Å². The minimum absolute atomic E-state index is 0.0914. The first-order valence-electron chi connectivity index (χ1n) is 9.36. The quantitative estimate of drug-likeness (QED) is 0.474. The summed E-state index contributed by atoms with van der Waals surface area (Å²) in [7, 11) is 0. The Morgan fingerprint density at radius 1 is 1.04 bits per heavy atom. The van der Waals surface area contributed by atoms with Crippen molar-refractivity contribution in [1.82, 2.24) is 4.98 Å². The average molecular weight is 347 g/mol. The molecule has 4 heteroatoms. The van der Waals surface area contributed by atoms with Crippen LogP contribution in [0.2, 0.25) is 0 Å². The Morgan fingerprint density at radius 3 is 2.42 bits per heavy atom. The standard InChI is InChI=1S/C20H30N2OS/c1-3-4-5-6-7-8-9-10-11-12-19(23)22-20-21-17-14-13-16(2)15-18(17)24-20/h13-15H,3-12H2,1-2H3,(H,21,22,23). The van der Waals surface area contributed by atoms with Crippen molar-refractivity contribution >= 4 is 32.6 Å². The summed E-state index contributed by atoms with van der Waals surface area (Å²) in [5, 5.41) is 3.66. The van der Waals surface area contributed by atoms with Gasteiger partial charge in [-0.3, -0.25) is 4.79 Å². The van der Waals surface area contributed by atoms with Gasteiger partial charge in [-0.1, -0.05) is 75.7 Å². The van der Waals surface area contributed by atoms with Gasteiger partial charge < -0.3 is 5.32 Å². The molecule has 0 fully saturated rings. The molecule has 1 aromatic carbocycles. The molecule has 132 valence electrons. The lowest BCUT2D eigenvalue weighted by atomic mass is 10.1. The van der Waals surface area contributed by atoms with Gasteiger partial charge in [0, 0.05) is 6.42 Å². The molecule has 0 saturated heterocycles. The highest BCUT2D eigenvalue weighted by Gasteiger charge is 2.07. The van der Waals surface area contributed by atoms with Crippen LogP contribution in [0.1, 0.15) is 76.7 Å². The highest BCUT2D eigenvalue weighted by Crippen LogP contribution is 2.26. The third kappa shape index (κ3) is 6.60. The lowest BCUT2D eigenvalue weighted by Crippen LogP contribution is -2.10. The zero-order chi connectivity index (χ0) is 17.2. The summed E-state index contributed by atoms with van der Waals surface area (Å²) in [5.41, 5.74) is 2.18. The Bertz CT molecular complexity index is 636. The van der Waals surface area contributed by atoms with Crippen LogP contribution in [0.25, 0.3) is 10.2 Å². The molecule has 3 nitrogen and oxygen atoms in total. The van der Waals surface area contributed by atoms with E-state index in [1.54, 1.807) is 11.3 Å². The van der Waals surface area contributed by atoms with E-state index in [0.717, 1.165) is 28.2 Å². The number of aryl methyl sites for hydroxylation is 1. The van der Waals surface area contributed by atoms with Gasteiger partial charge in [-0.05, 0) is 31.0 Å². The van der Waals surface area contributed by atoms with E-state index in [9.17, 15) is 4.79 Å². The van der Waals surface area contributed by atoms with Crippen molar-refractivity contribution in [3.05, 3.63) is 23.8 Å². The number of carbonyl (C=O) groups excluding carboxylic acids is 1. The van der Waals surface area contributed by atoms with Gasteiger partial charge in [0.15, 0.2) is 5.13 Å². The molecule has 0 saturated carbocycles. The average Bonchev–Trinajstić information content (AvgIpc) is 2.94. The molecule has 0 aliphatic carbocycles. The number of anilines is 1. The van der Waals surface area contributed by atoms with Crippen LogP contribution in [-0.2, 0) is 4.79 Å². The highest BCUT2D eigenvalue weighted by molar-refractivity contribution is 7.22. The molecule has 0 aliphatic rings. The van der Waals surface area contributed by atoms with E-state index in [2.05, 4.69) is 36.3 Å². The molecule has 0 spiro atoms. The van der Waals surface area contributed by atoms with Crippen LogP contribution in [0, 0.1) is 6.92 Å². The van der Waals surface area contributed by atoms with Gasteiger partial charge in [0.1, 0.15) is 0 Å². The van der Waals surface area contributed by atoms with Gasteiger partial charge in [0.05, 0.1) is 10.2 Å². The number of nitrogens with zero attached hydrogens (tertiary/aromatic N) is 1. The first-order valence-corrected chi connectivity index (χ1v) is 10.2. The fraction of sp³-hybridized carbons (Fsp3) is 0.600. The van der Waals surface area contributed by atoms with Gasteiger partial charge in [-0.15, -0.1) is 0 Å². The molecule has 0 unspecified atom stereocenters. The molecule has 2 rings (SSSR count). The number of hydrogen-bond acceptors (Lipinski definition) is 3. The van der Waals surface area contributed by atoms with Crippen LogP contribution in [0.4, 0.5) is 5.13 Å². The van der Waals surface area contributed by atoms with Crippen LogP contribution < -0.4 is 5.32 Å². The third-order valence-corrected chi connectivity index (χ3v) is 5.23. The van der Waals surface area contributed by atoms with Crippen LogP contribution in [-0.4, -0.2) is 10.9 Å². The predicted octanol–water partition coefficient (Wildman–Crippen LogP) is 6.46. The molecule has 0 atom stereocenters. The molecule has 1 N–H and O–H groups in total. The van der Waals surface area contributed by atoms with Gasteiger partial charge in [0.2, 0.25) is 5.91 Å². The van der Waals surface area contributed by atoms with E-state index in [1.807, 2.05) is 6.07 Å². The van der Waals surface area contributed by atoms with Crippen molar-refractivity contribution in [2.45, 2.75) is 78.1 Å². The molecule has 0 radical (unpaired) electrons. The van der Waals surface area contributed by atoms with Gasteiger partial charge in [-0.25, -0.2) is 4.98 Å². The Morgan fingerprint density at radius 2 is 1.71 bits per heavy atom. The molecule has 0 aliphatic heterocycles. The van der Waals surface area contributed by atoms with Crippen molar-refractivity contribution < 1.29 is 4.79 Å². The molecule has 1 aromatic heterocycles. The minimum Gasteiger partial charge on any atom is -0.302 e. The lowest BCUT2D eigenvalue weighted by Gasteiger charge is -2.02. The number of hydrogen-bond donors (Lipinski definition) is 1. The minimum atomic E-state index is 0.0914. The predicted molar refractivity (Wildman–Crippen MR) is 105 cm³/mol. The van der Waals surface area contributed by atoms with E-state index in [4.69, 9.17) is 0 Å². The number of amides is 1. The topological polar surface area (TPSA) is 42.0 Å². The molecule has 2 aromatic rings. The monoisotopic (exact) mass is 346 g/mol. The summed E-state index contributed by atoms with van der Waals surface area (Å²) in [4.78, 5) is 16.5. The number of thiazole rings is 1. The summed E-state index contributed by atoms with van der Waals surface area (Å²) in [6.07, 6.45) is 12.1. The van der Waals surface area contributed by atoms with E-state index >= 15 is 0 Å². The van der Waals surface area contributed by atoms with E-state index < -0.39 is 0 Å². The maximum atomic E-state index is 12.0.